The van der Waals surface area contributed by atoms with Crippen molar-refractivity contribution in [1.82, 2.24) is 0 Å². The van der Waals surface area contributed by atoms with E-state index < -0.39 is 0 Å². The summed E-state index contributed by atoms with van der Waals surface area (Å²) in [6, 6.07) is 0. The number of nitrogens with two attached hydrogens (primary N) is 1. The van der Waals surface area contributed by atoms with Gasteiger partial charge < -0.3 is 10.5 Å². The van der Waals surface area contributed by atoms with Crippen molar-refractivity contribution >= 4 is 22.7 Å². The van der Waals surface area contributed by atoms with Crippen LogP contribution in [0.2, 0.25) is 0 Å². The summed E-state index contributed by atoms with van der Waals surface area (Å²) in [7, 11) is 1.55. The van der Waals surface area contributed by atoms with Crippen molar-refractivity contribution in [3.63, 3.8) is 0 Å². The number of nitrogens with zero attached hydrogens (tertiary/aromatic N) is 1. The molecule has 12 heavy (non-hydrogen) atoms. The number of aliphatic imine (C=N–C) groups is 1. The van der Waals surface area contributed by atoms with E-state index in [9.17, 15) is 4.79 Å². The number of cyclic esters (lactones) is 1. The fourth-order valence-corrected chi connectivity index (χ4v) is 1.11. The minimum Gasteiger partial charge on any atom is -0.410 e. The first-order valence-corrected chi connectivity index (χ1v) is 3.85. The second-order valence-electron chi connectivity index (χ2n) is 2.33. The number of allylic oxidation sites excluding steroid dienone is 1. The number of carbonyl (C=O) groups excluding carboxylic acids is 1. The Balaban J connectivity index is 2.89. The van der Waals surface area contributed by atoms with E-state index in [4.69, 9.17) is 17.3 Å². The number of carbonyl (C=O) groups is 1. The highest BCUT2D eigenvalue weighted by Gasteiger charge is 2.20. The Morgan fingerprint density at radius 3 is 2.83 bits per heavy atom. The lowest BCUT2D eigenvalue weighted by Gasteiger charge is -2.14. The Morgan fingerprint density at radius 1 is 1.67 bits per heavy atom. The van der Waals surface area contributed by atoms with Crippen LogP contribution in [0.25, 0.3) is 0 Å². The Morgan fingerprint density at radius 2 is 2.33 bits per heavy atom. The molecular weight excluding hydrogens is 180 g/mol. The van der Waals surface area contributed by atoms with Crippen molar-refractivity contribution in [2.45, 2.75) is 12.8 Å². The van der Waals surface area contributed by atoms with Gasteiger partial charge in [0.25, 0.3) is 0 Å². The second-order valence-corrected chi connectivity index (χ2v) is 2.69. The Labute approximate surface area is 75.0 Å². The van der Waals surface area contributed by atoms with Crippen LogP contribution in [0.5, 0.6) is 0 Å². The van der Waals surface area contributed by atoms with Gasteiger partial charge in [-0.25, -0.2) is 0 Å². The zero-order valence-electron chi connectivity index (χ0n) is 6.63. The van der Waals surface area contributed by atoms with Crippen LogP contribution in [0.15, 0.2) is 16.4 Å². The molecule has 0 fully saturated rings. The van der Waals surface area contributed by atoms with Crippen LogP contribution in [-0.4, -0.2) is 18.2 Å². The maximum atomic E-state index is 10.7. The maximum absolute atomic E-state index is 10.7. The number of hydrogen-bond donors (Lipinski definition) is 1. The summed E-state index contributed by atoms with van der Waals surface area (Å²) in [5.74, 6) is -0.251. The highest BCUT2D eigenvalue weighted by Crippen LogP contribution is 2.19. The predicted octanol–water partition coefficient (Wildman–Crippen LogP) is 0.761. The first-order chi connectivity index (χ1) is 5.65. The molecule has 1 heterocycles. The molecular formula is C7H9ClN2O2. The van der Waals surface area contributed by atoms with Crippen molar-refractivity contribution in [3.05, 3.63) is 11.5 Å². The number of esters is 1. The average molecular weight is 189 g/mol. The van der Waals surface area contributed by atoms with E-state index in [0.29, 0.717) is 23.6 Å². The molecule has 4 nitrogen and oxygen atoms in total. The maximum Gasteiger partial charge on any atom is 0.312 e. The molecule has 0 saturated heterocycles. The van der Waals surface area contributed by atoms with E-state index in [1.54, 1.807) is 7.05 Å². The van der Waals surface area contributed by atoms with Gasteiger partial charge in [-0.1, -0.05) is 11.6 Å². The third-order valence-corrected chi connectivity index (χ3v) is 1.94. The van der Waals surface area contributed by atoms with Gasteiger partial charge >= 0.3 is 5.97 Å². The van der Waals surface area contributed by atoms with Gasteiger partial charge in [-0.3, -0.25) is 9.79 Å². The van der Waals surface area contributed by atoms with Crippen LogP contribution in [0.1, 0.15) is 12.8 Å². The summed E-state index contributed by atoms with van der Waals surface area (Å²) < 4.78 is 4.67. The molecule has 0 radical (unpaired) electrons. The molecule has 0 unspecified atom stereocenters. The summed E-state index contributed by atoms with van der Waals surface area (Å²) in [5, 5.41) is 0.306. The van der Waals surface area contributed by atoms with Crippen LogP contribution in [0, 0.1) is 0 Å². The number of rotatable bonds is 1. The first kappa shape index (κ1) is 9.06. The van der Waals surface area contributed by atoms with Crippen molar-refractivity contribution in [3.8, 4) is 0 Å². The lowest BCUT2D eigenvalue weighted by molar-refractivity contribution is -0.140. The molecule has 0 atom stereocenters. The quantitative estimate of drug-likeness (QED) is 0.488. The third kappa shape index (κ3) is 1.76. The number of halogens is 1. The van der Waals surface area contributed by atoms with Crippen LogP contribution >= 0.6 is 11.6 Å². The fraction of sp³-hybridized carbons (Fsp3) is 0.429. The number of hydrogen-bond acceptors (Lipinski definition) is 4. The van der Waals surface area contributed by atoms with Gasteiger partial charge in [0, 0.05) is 12.6 Å². The van der Waals surface area contributed by atoms with Crippen LogP contribution < -0.4 is 5.73 Å². The van der Waals surface area contributed by atoms with Gasteiger partial charge in [-0.05, 0) is 6.42 Å². The highest BCUT2D eigenvalue weighted by atomic mass is 35.5. The molecule has 5 heteroatoms. The Hall–Kier alpha value is -1.03. The molecule has 0 aromatic carbocycles. The molecule has 1 aliphatic rings. The third-order valence-electron chi connectivity index (χ3n) is 1.55. The van der Waals surface area contributed by atoms with E-state index >= 15 is 0 Å². The molecule has 2 N–H and O–H groups in total. The largest absolute Gasteiger partial charge is 0.410 e. The van der Waals surface area contributed by atoms with E-state index in [-0.39, 0.29) is 11.9 Å². The Kier molecular flexibility index (Phi) is 2.70. The van der Waals surface area contributed by atoms with Crippen molar-refractivity contribution < 1.29 is 9.53 Å². The van der Waals surface area contributed by atoms with Gasteiger partial charge in [-0.2, -0.15) is 0 Å². The zero-order valence-corrected chi connectivity index (χ0v) is 7.39. The van der Waals surface area contributed by atoms with Crippen molar-refractivity contribution in [2.24, 2.45) is 10.7 Å². The van der Waals surface area contributed by atoms with Crippen LogP contribution in [-0.2, 0) is 9.53 Å². The van der Waals surface area contributed by atoms with Crippen LogP contribution in [0.4, 0.5) is 0 Å². The van der Waals surface area contributed by atoms with Crippen LogP contribution in [0.3, 0.4) is 0 Å². The average Bonchev–Trinajstić information content (AvgIpc) is 2.03. The first-order valence-electron chi connectivity index (χ1n) is 3.47. The summed E-state index contributed by atoms with van der Waals surface area (Å²) in [6.07, 6.45) is 0.808. The van der Waals surface area contributed by atoms with Crippen molar-refractivity contribution in [2.75, 3.05) is 7.05 Å². The minimum atomic E-state index is -0.322. The van der Waals surface area contributed by atoms with Gasteiger partial charge in [0.2, 0.25) is 5.88 Å². The zero-order chi connectivity index (χ0) is 9.14. The summed E-state index contributed by atoms with van der Waals surface area (Å²) in [5.41, 5.74) is 6.03. The molecule has 0 aliphatic carbocycles. The minimum absolute atomic E-state index is 0.0712. The molecule has 1 aliphatic heterocycles. The standard InChI is InChI=1S/C7H9ClN2O2/c1-10-6(8)4-2-3-5(11)12-7(4)9/h2-3,9H2,1H3. The lowest BCUT2D eigenvalue weighted by atomic mass is 10.1. The van der Waals surface area contributed by atoms with Gasteiger partial charge in [0.1, 0.15) is 5.17 Å². The molecule has 0 aromatic heterocycles. The molecule has 0 saturated carbocycles. The summed E-state index contributed by atoms with van der Waals surface area (Å²) >= 11 is 5.71. The molecule has 0 bridgehead atoms. The van der Waals surface area contributed by atoms with E-state index in [1.165, 1.54) is 0 Å². The normalized spacial score (nSPS) is 19.5. The van der Waals surface area contributed by atoms with Gasteiger partial charge in [0.05, 0.1) is 6.42 Å². The molecule has 0 spiro atoms. The number of ether oxygens (including phenoxy) is 1. The second kappa shape index (κ2) is 3.58. The fourth-order valence-electron chi connectivity index (χ4n) is 0.925. The highest BCUT2D eigenvalue weighted by molar-refractivity contribution is 6.69. The SMILES string of the molecule is CN=C(Cl)C1=C(N)OC(=O)CC1. The Bertz CT molecular complexity index is 271. The van der Waals surface area contributed by atoms with Gasteiger partial charge in [0.15, 0.2) is 0 Å². The lowest BCUT2D eigenvalue weighted by Crippen LogP contribution is -2.20. The summed E-state index contributed by atoms with van der Waals surface area (Å²) in [4.78, 5) is 14.5. The molecule has 1 rings (SSSR count). The summed E-state index contributed by atoms with van der Waals surface area (Å²) in [6.45, 7) is 0. The molecule has 66 valence electrons. The topological polar surface area (TPSA) is 64.7 Å². The van der Waals surface area contributed by atoms with Gasteiger partial charge in [-0.15, -0.1) is 0 Å². The molecule has 0 aromatic rings. The molecule has 0 amide bonds. The smallest absolute Gasteiger partial charge is 0.312 e. The van der Waals surface area contributed by atoms with Crippen molar-refractivity contribution in [1.29, 1.82) is 0 Å². The predicted molar refractivity (Wildman–Crippen MR) is 45.8 cm³/mol. The van der Waals surface area contributed by atoms with E-state index in [0.717, 1.165) is 0 Å². The van der Waals surface area contributed by atoms with E-state index in [2.05, 4.69) is 9.73 Å². The monoisotopic (exact) mass is 188 g/mol. The van der Waals surface area contributed by atoms with E-state index in [1.807, 2.05) is 0 Å².